The Labute approximate surface area is 232 Å². The van der Waals surface area contributed by atoms with Crippen LogP contribution in [-0.4, -0.2) is 132 Å². The molecule has 0 aromatic rings. The molecule has 0 aliphatic heterocycles. The number of quaternary nitrogens is 3. The Balaban J connectivity index is -0.0000000274. The van der Waals surface area contributed by atoms with Crippen molar-refractivity contribution >= 4 is 0 Å². The van der Waals surface area contributed by atoms with Gasteiger partial charge in [0.05, 0.1) is 33.2 Å². The molecule has 0 amide bonds. The molecule has 5 nitrogen and oxygen atoms in total. The Bertz CT molecular complexity index is 279. The van der Waals surface area contributed by atoms with E-state index in [9.17, 15) is 0 Å². The van der Waals surface area contributed by atoms with Crippen molar-refractivity contribution in [2.24, 2.45) is 0 Å². The average Bonchev–Trinajstić information content (AvgIpc) is 2.66. The highest BCUT2D eigenvalue weighted by Gasteiger charge is 2.07. The zero-order valence-electron chi connectivity index (χ0n) is 24.3. The number of hydrogen-bond donors (Lipinski definition) is 0. The van der Waals surface area contributed by atoms with Crippen LogP contribution in [0.3, 0.4) is 0 Å². The van der Waals surface area contributed by atoms with E-state index in [0.29, 0.717) is 0 Å². The van der Waals surface area contributed by atoms with E-state index in [4.69, 9.17) is 0 Å². The Morgan fingerprint density at radius 3 is 0.743 bits per heavy atom. The maximum atomic E-state index is 3.94. The molecular weight excluding hydrogens is 430 g/mol. The van der Waals surface area contributed by atoms with Crippen LogP contribution in [0.2, 0.25) is 0 Å². The second-order valence-corrected chi connectivity index (χ2v) is 9.85. The molecule has 5 heteroatoms. The summed E-state index contributed by atoms with van der Waals surface area (Å²) in [6.45, 7) is 24.9. The van der Waals surface area contributed by atoms with Gasteiger partial charge in [-0.15, -0.1) is 14.1 Å². The summed E-state index contributed by atoms with van der Waals surface area (Å²) < 4.78 is 2.74. The second-order valence-electron chi connectivity index (χ2n) is 9.85. The third-order valence-corrected chi connectivity index (χ3v) is 4.67. The fourth-order valence-electron chi connectivity index (χ4n) is 0.987. The fraction of sp³-hybridized carbons (Fsp3) is 0.900. The minimum atomic E-state index is 0. The van der Waals surface area contributed by atoms with Gasteiger partial charge >= 0.3 is 0 Å². The molecular formula is C30H85N5. The lowest BCUT2D eigenvalue weighted by molar-refractivity contribution is -0.901. The molecule has 0 saturated carbocycles. The molecule has 230 valence electrons. The maximum absolute atomic E-state index is 3.94. The van der Waals surface area contributed by atoms with Gasteiger partial charge in [-0.3, -0.25) is 6.92 Å². The summed E-state index contributed by atoms with van der Waals surface area (Å²) in [7, 11) is 26.2. The van der Waals surface area contributed by atoms with Gasteiger partial charge in [0, 0.05) is 28.2 Å². The minimum absolute atomic E-state index is 0. The van der Waals surface area contributed by atoms with Crippen LogP contribution in [0.25, 0.3) is 0 Å². The van der Waals surface area contributed by atoms with Crippen molar-refractivity contribution in [2.75, 3.05) is 109 Å². The van der Waals surface area contributed by atoms with Crippen LogP contribution >= 0.6 is 0 Å². The Morgan fingerprint density at radius 2 is 0.743 bits per heavy atom. The molecule has 0 saturated heterocycles. The second kappa shape index (κ2) is 38.3. The molecule has 0 heterocycles. The first kappa shape index (κ1) is 64.6. The van der Waals surface area contributed by atoms with E-state index in [1.54, 1.807) is 0 Å². The predicted octanol–water partition coefficient (Wildman–Crippen LogP) is 7.37. The molecule has 0 aromatic carbocycles. The predicted molar refractivity (Wildman–Crippen MR) is 176 cm³/mol. The molecule has 35 heavy (non-hydrogen) atoms. The van der Waals surface area contributed by atoms with Gasteiger partial charge in [-0.1, -0.05) is 51.0 Å². The Hall–Kier alpha value is -0.200. The highest BCUT2D eigenvalue weighted by molar-refractivity contribution is 4.36. The Kier molecular flexibility index (Phi) is 70.8. The maximum Gasteiger partial charge on any atom is 0.0735 e. The molecule has 0 rings (SSSR count). The van der Waals surface area contributed by atoms with E-state index in [2.05, 4.69) is 88.6 Å². The van der Waals surface area contributed by atoms with E-state index >= 15 is 0 Å². The number of rotatable bonds is 7. The molecule has 0 fully saturated rings. The van der Waals surface area contributed by atoms with Crippen molar-refractivity contribution < 1.29 is 13.4 Å². The van der Waals surface area contributed by atoms with E-state index in [-0.39, 0.29) is 37.1 Å². The molecule has 0 N–H and O–H groups in total. The monoisotopic (exact) mass is 516 g/mol. The molecule has 0 aliphatic rings. The van der Waals surface area contributed by atoms with Crippen LogP contribution in [0.5, 0.6) is 0 Å². The molecule has 0 radical (unpaired) electrons. The van der Waals surface area contributed by atoms with Gasteiger partial charge in [-0.05, 0) is 75.5 Å². The number of nitrogens with zero attached hydrogens (tertiary/aromatic N) is 5. The van der Waals surface area contributed by atoms with Gasteiger partial charge in [-0.25, -0.2) is 0 Å². The highest BCUT2D eigenvalue weighted by Crippen LogP contribution is 1.97. The standard InChI is InChI=1S/C7H17N.C6H15N.C5H13N.C4H11N.C3H9N.5CH4/c1-5-8(4,6-2)7-3;1-5-7(3,4)6-2;1-4-6(3)5-2;1-5(2,3)4;1-4(2)3;;;;;/h1,5-7H2,2-4H3;3,5-6H2,1-2,4H3;4-5H2,1-3H3;1H2,2-4H3;1-3H3;5*1H4. The topological polar surface area (TPSA) is 6.48 Å². The lowest BCUT2D eigenvalue weighted by Gasteiger charge is -2.35. The summed E-state index contributed by atoms with van der Waals surface area (Å²) in [6, 6.07) is 0. The summed E-state index contributed by atoms with van der Waals surface area (Å²) in [4.78, 5) is 4.25. The van der Waals surface area contributed by atoms with E-state index < -0.39 is 0 Å². The summed E-state index contributed by atoms with van der Waals surface area (Å²) in [6.07, 6.45) is 0. The van der Waals surface area contributed by atoms with Crippen molar-refractivity contribution in [3.63, 3.8) is 0 Å². The van der Waals surface area contributed by atoms with Gasteiger partial charge < -0.3 is 23.2 Å². The van der Waals surface area contributed by atoms with Gasteiger partial charge in [0.15, 0.2) is 0 Å². The van der Waals surface area contributed by atoms with Gasteiger partial charge in [0.2, 0.25) is 0 Å². The van der Waals surface area contributed by atoms with Crippen molar-refractivity contribution in [1.29, 1.82) is 0 Å². The van der Waals surface area contributed by atoms with Gasteiger partial charge in [-0.2, -0.15) is 0 Å². The van der Waals surface area contributed by atoms with E-state index in [1.165, 1.54) is 13.1 Å². The lowest BCUT2D eigenvalue weighted by Crippen LogP contribution is -2.43. The van der Waals surface area contributed by atoms with Crippen molar-refractivity contribution in [2.45, 2.75) is 78.7 Å². The van der Waals surface area contributed by atoms with Crippen LogP contribution in [-0.2, 0) is 0 Å². The van der Waals surface area contributed by atoms with E-state index in [1.807, 2.05) is 47.2 Å². The third kappa shape index (κ3) is 96.7. The zero-order chi connectivity index (χ0) is 25.6. The highest BCUT2D eigenvalue weighted by atomic mass is 15.3. The SMILES string of the molecule is C.C.C.C.C.CCN(C)CC.CN(C)C.[CH2-]C[N+](C)(CC)CC.[CH2-][N+](C)(C)C.[CH2-][N+](C)(CC)CC. The van der Waals surface area contributed by atoms with Crippen LogP contribution < -0.4 is 0 Å². The fourth-order valence-corrected chi connectivity index (χ4v) is 0.987. The van der Waals surface area contributed by atoms with Crippen molar-refractivity contribution in [1.82, 2.24) is 9.80 Å². The summed E-state index contributed by atoms with van der Waals surface area (Å²) in [5, 5.41) is 0. The van der Waals surface area contributed by atoms with Crippen molar-refractivity contribution in [3.05, 3.63) is 21.0 Å². The zero-order valence-corrected chi connectivity index (χ0v) is 24.3. The normalized spacial score (nSPS) is 9.60. The number of hydrogen-bond acceptors (Lipinski definition) is 2. The summed E-state index contributed by atoms with van der Waals surface area (Å²) in [5.41, 5.74) is 0. The first-order valence-electron chi connectivity index (χ1n) is 11.6. The van der Waals surface area contributed by atoms with Crippen LogP contribution in [0.15, 0.2) is 0 Å². The molecule has 0 spiro atoms. The first-order valence-corrected chi connectivity index (χ1v) is 11.6. The summed E-state index contributed by atoms with van der Waals surface area (Å²) in [5.74, 6) is 0. The largest absolute Gasteiger partial charge is 0.464 e. The quantitative estimate of drug-likeness (QED) is 0.258. The minimum Gasteiger partial charge on any atom is -0.464 e. The smallest absolute Gasteiger partial charge is 0.0735 e. The third-order valence-electron chi connectivity index (χ3n) is 4.67. The van der Waals surface area contributed by atoms with Crippen LogP contribution in [0, 0.1) is 21.0 Å². The van der Waals surface area contributed by atoms with Gasteiger partial charge in [0.25, 0.3) is 0 Å². The Morgan fingerprint density at radius 1 is 0.543 bits per heavy atom. The lowest BCUT2D eigenvalue weighted by atomic mass is 10.4. The first-order chi connectivity index (χ1) is 13.3. The molecule has 0 unspecified atom stereocenters. The summed E-state index contributed by atoms with van der Waals surface area (Å²) >= 11 is 0. The molecule has 0 atom stereocenters. The van der Waals surface area contributed by atoms with E-state index in [0.717, 1.165) is 46.2 Å². The van der Waals surface area contributed by atoms with Crippen LogP contribution in [0.4, 0.5) is 0 Å². The average molecular weight is 516 g/mol. The van der Waals surface area contributed by atoms with Crippen LogP contribution in [0.1, 0.15) is 78.7 Å². The molecule has 0 aromatic heterocycles. The molecule has 0 aliphatic carbocycles. The van der Waals surface area contributed by atoms with Crippen molar-refractivity contribution in [3.8, 4) is 0 Å². The van der Waals surface area contributed by atoms with Gasteiger partial charge in [0.1, 0.15) is 0 Å². The molecule has 0 bridgehead atoms.